The van der Waals surface area contributed by atoms with Crippen LogP contribution in [-0.4, -0.2) is 0 Å². The van der Waals surface area contributed by atoms with Gasteiger partial charge in [-0.3, -0.25) is 0 Å². The summed E-state index contributed by atoms with van der Waals surface area (Å²) in [7, 11) is 0. The number of benzene rings is 1. The molecule has 5 nitrogen and oxygen atoms in total. The van der Waals surface area contributed by atoms with Crippen molar-refractivity contribution in [1.29, 1.82) is 21.0 Å². The fourth-order valence-corrected chi connectivity index (χ4v) is 1.15. The van der Waals surface area contributed by atoms with E-state index in [9.17, 15) is 4.39 Å². The number of allylic oxidation sites excluding steroid dienone is 2. The van der Waals surface area contributed by atoms with Crippen molar-refractivity contribution in [1.82, 2.24) is 0 Å². The van der Waals surface area contributed by atoms with E-state index in [1.54, 1.807) is 12.1 Å². The Morgan fingerprint density at radius 3 is 2.22 bits per heavy atom. The predicted molar refractivity (Wildman–Crippen MR) is 58.6 cm³/mol. The highest BCUT2D eigenvalue weighted by atomic mass is 19.1. The Labute approximate surface area is 102 Å². The van der Waals surface area contributed by atoms with Crippen LogP contribution in [0.15, 0.2) is 29.5 Å². The lowest BCUT2D eigenvalue weighted by atomic mass is 10.1. The second kappa shape index (κ2) is 5.66. The van der Waals surface area contributed by atoms with E-state index in [2.05, 4.69) is 5.32 Å². The van der Waals surface area contributed by atoms with E-state index in [1.807, 2.05) is 0 Å². The smallest absolute Gasteiger partial charge is 0.163 e. The van der Waals surface area contributed by atoms with Gasteiger partial charge in [-0.15, -0.1) is 0 Å². The molecule has 6 heteroatoms. The van der Waals surface area contributed by atoms with E-state index in [0.29, 0.717) is 0 Å². The number of nitrogens with one attached hydrogen (secondary N) is 1. The summed E-state index contributed by atoms with van der Waals surface area (Å²) in [4.78, 5) is 0. The molecule has 0 bridgehead atoms. The van der Waals surface area contributed by atoms with Crippen molar-refractivity contribution >= 4 is 5.69 Å². The Hall–Kier alpha value is -3.35. The molecular weight excluding hydrogens is 233 g/mol. The summed E-state index contributed by atoms with van der Waals surface area (Å²) in [5.41, 5.74) is -1.15. The minimum atomic E-state index is -0.753. The Morgan fingerprint density at radius 1 is 1.06 bits per heavy atom. The van der Waals surface area contributed by atoms with Crippen LogP contribution >= 0.6 is 0 Å². The van der Waals surface area contributed by atoms with Gasteiger partial charge < -0.3 is 5.32 Å². The first kappa shape index (κ1) is 12.7. The fourth-order valence-electron chi connectivity index (χ4n) is 1.15. The van der Waals surface area contributed by atoms with E-state index < -0.39 is 17.1 Å². The Kier molecular flexibility index (Phi) is 4.00. The third-order valence-electron chi connectivity index (χ3n) is 1.97. The minimum absolute atomic E-state index is 0.0296. The molecule has 0 aliphatic heterocycles. The summed E-state index contributed by atoms with van der Waals surface area (Å²) in [6, 6.07) is 10.1. The van der Waals surface area contributed by atoms with Crippen LogP contribution in [0.3, 0.4) is 0 Å². The molecule has 0 saturated heterocycles. The molecule has 0 spiro atoms. The van der Waals surface area contributed by atoms with Gasteiger partial charge in [0.25, 0.3) is 0 Å². The maximum absolute atomic E-state index is 13.5. The van der Waals surface area contributed by atoms with Crippen LogP contribution in [0.5, 0.6) is 0 Å². The third-order valence-corrected chi connectivity index (χ3v) is 1.97. The second-order valence-corrected chi connectivity index (χ2v) is 2.98. The van der Waals surface area contributed by atoms with Gasteiger partial charge in [0.2, 0.25) is 0 Å². The highest BCUT2D eigenvalue weighted by Crippen LogP contribution is 2.21. The number of nitrogens with zero attached hydrogens (tertiary/aromatic N) is 4. The molecule has 1 aromatic carbocycles. The quantitative estimate of drug-likeness (QED) is 0.790. The van der Waals surface area contributed by atoms with Gasteiger partial charge >= 0.3 is 0 Å². The summed E-state index contributed by atoms with van der Waals surface area (Å²) in [5, 5.41) is 37.1. The predicted octanol–water partition coefficient (Wildman–Crippen LogP) is 1.93. The first-order valence-corrected chi connectivity index (χ1v) is 4.58. The molecule has 84 valence electrons. The van der Waals surface area contributed by atoms with Crippen molar-refractivity contribution in [3.63, 3.8) is 0 Å². The van der Waals surface area contributed by atoms with Gasteiger partial charge in [-0.2, -0.15) is 21.0 Å². The zero-order valence-electron chi connectivity index (χ0n) is 8.90. The molecular formula is C12H4FN5. The molecule has 0 aliphatic carbocycles. The minimum Gasteiger partial charge on any atom is -0.342 e. The van der Waals surface area contributed by atoms with E-state index in [0.717, 1.165) is 6.07 Å². The SMILES string of the molecule is N#CC(C#N)=C(C#N)Nc1c(F)cccc1C#N. The maximum Gasteiger partial charge on any atom is 0.163 e. The molecule has 18 heavy (non-hydrogen) atoms. The number of para-hydroxylation sites is 1. The van der Waals surface area contributed by atoms with Crippen molar-refractivity contribution in [3.8, 4) is 24.3 Å². The fraction of sp³-hybridized carbons (Fsp3) is 0. The van der Waals surface area contributed by atoms with Crippen LogP contribution in [-0.2, 0) is 0 Å². The molecule has 0 radical (unpaired) electrons. The highest BCUT2D eigenvalue weighted by molar-refractivity contribution is 5.65. The number of halogens is 1. The molecule has 1 aromatic rings. The van der Waals surface area contributed by atoms with E-state index >= 15 is 0 Å². The zero-order chi connectivity index (χ0) is 13.5. The summed E-state index contributed by atoms with van der Waals surface area (Å²) >= 11 is 0. The lowest BCUT2D eigenvalue weighted by Gasteiger charge is -2.07. The van der Waals surface area contributed by atoms with Gasteiger partial charge in [0.05, 0.1) is 11.3 Å². The molecule has 1 N–H and O–H groups in total. The monoisotopic (exact) mass is 237 g/mol. The second-order valence-electron chi connectivity index (χ2n) is 2.98. The molecule has 0 aliphatic rings. The average Bonchev–Trinajstić information content (AvgIpc) is 2.40. The van der Waals surface area contributed by atoms with Crippen LogP contribution in [0.25, 0.3) is 0 Å². The molecule has 0 heterocycles. The summed E-state index contributed by atoms with van der Waals surface area (Å²) in [6.07, 6.45) is 0. The van der Waals surface area contributed by atoms with Crippen LogP contribution in [0.1, 0.15) is 5.56 Å². The van der Waals surface area contributed by atoms with Crippen molar-refractivity contribution in [3.05, 3.63) is 40.8 Å². The topological polar surface area (TPSA) is 107 Å². The van der Waals surface area contributed by atoms with Crippen LogP contribution in [0.4, 0.5) is 10.1 Å². The Balaban J connectivity index is 3.35. The number of nitriles is 4. The van der Waals surface area contributed by atoms with E-state index in [4.69, 9.17) is 21.0 Å². The van der Waals surface area contributed by atoms with Crippen molar-refractivity contribution in [2.75, 3.05) is 5.32 Å². The standard InChI is InChI=1S/C12H4FN5/c13-10-3-1-2-8(4-14)12(10)18-11(7-17)9(5-15)6-16/h1-3,18H. The van der Waals surface area contributed by atoms with Crippen LogP contribution < -0.4 is 5.32 Å². The number of hydrogen-bond acceptors (Lipinski definition) is 5. The van der Waals surface area contributed by atoms with Gasteiger partial charge in [-0.05, 0) is 12.1 Å². The summed E-state index contributed by atoms with van der Waals surface area (Å²) < 4.78 is 13.5. The first-order valence-electron chi connectivity index (χ1n) is 4.58. The van der Waals surface area contributed by atoms with Crippen LogP contribution in [0, 0.1) is 51.1 Å². The number of anilines is 1. The molecule has 0 aromatic heterocycles. The summed E-state index contributed by atoms with van der Waals surface area (Å²) in [6.45, 7) is 0. The molecule has 0 saturated carbocycles. The molecule has 0 unspecified atom stereocenters. The van der Waals surface area contributed by atoms with E-state index in [-0.39, 0.29) is 11.3 Å². The normalized spacial score (nSPS) is 8.06. The first-order chi connectivity index (χ1) is 8.67. The molecule has 1 rings (SSSR count). The largest absolute Gasteiger partial charge is 0.342 e. The lowest BCUT2D eigenvalue weighted by molar-refractivity contribution is 0.631. The lowest BCUT2D eigenvalue weighted by Crippen LogP contribution is -2.04. The van der Waals surface area contributed by atoms with Gasteiger partial charge in [0.1, 0.15) is 35.8 Å². The maximum atomic E-state index is 13.5. The molecule has 0 fully saturated rings. The van der Waals surface area contributed by atoms with Gasteiger partial charge in [-0.1, -0.05) is 6.07 Å². The Bertz CT molecular complexity index is 660. The average molecular weight is 237 g/mol. The third kappa shape index (κ3) is 2.42. The Morgan fingerprint density at radius 2 is 1.72 bits per heavy atom. The van der Waals surface area contributed by atoms with Crippen molar-refractivity contribution in [2.24, 2.45) is 0 Å². The number of hydrogen-bond donors (Lipinski definition) is 1. The van der Waals surface area contributed by atoms with Crippen LogP contribution in [0.2, 0.25) is 0 Å². The highest BCUT2D eigenvalue weighted by Gasteiger charge is 2.12. The van der Waals surface area contributed by atoms with Crippen molar-refractivity contribution in [2.45, 2.75) is 0 Å². The molecule has 0 amide bonds. The molecule has 0 atom stereocenters. The van der Waals surface area contributed by atoms with Gasteiger partial charge in [0, 0.05) is 0 Å². The van der Waals surface area contributed by atoms with Gasteiger partial charge in [-0.25, -0.2) is 4.39 Å². The zero-order valence-corrected chi connectivity index (χ0v) is 8.90. The summed E-state index contributed by atoms with van der Waals surface area (Å²) in [5.74, 6) is -0.753. The van der Waals surface area contributed by atoms with Crippen molar-refractivity contribution < 1.29 is 4.39 Å². The van der Waals surface area contributed by atoms with E-state index in [1.165, 1.54) is 24.3 Å². The number of rotatable bonds is 2. The van der Waals surface area contributed by atoms with Gasteiger partial charge in [0.15, 0.2) is 5.57 Å².